The first kappa shape index (κ1) is 19.0. The smallest absolute Gasteiger partial charge is 0.260 e. The number of benzene rings is 3. The highest BCUT2D eigenvalue weighted by Crippen LogP contribution is 2.20. The van der Waals surface area contributed by atoms with Crippen LogP contribution < -0.4 is 4.74 Å². The van der Waals surface area contributed by atoms with Crippen LogP contribution in [0.2, 0.25) is 0 Å². The molecule has 0 aliphatic carbocycles. The second-order valence-corrected chi connectivity index (χ2v) is 7.22. The van der Waals surface area contributed by atoms with Gasteiger partial charge in [0, 0.05) is 32.7 Å². The average molecular weight is 385 g/mol. The van der Waals surface area contributed by atoms with Crippen LogP contribution in [0.3, 0.4) is 0 Å². The number of carbonyl (C=O) groups excluding carboxylic acids is 1. The van der Waals surface area contributed by atoms with Gasteiger partial charge in [0.25, 0.3) is 5.91 Å². The van der Waals surface area contributed by atoms with E-state index >= 15 is 0 Å². The Kier molecular flexibility index (Phi) is 5.73. The van der Waals surface area contributed by atoms with E-state index in [1.807, 2.05) is 4.90 Å². The second kappa shape index (κ2) is 8.76. The lowest BCUT2D eigenvalue weighted by Crippen LogP contribution is -2.49. The fourth-order valence-electron chi connectivity index (χ4n) is 3.72. The summed E-state index contributed by atoms with van der Waals surface area (Å²) in [6, 6.07) is 23.8. The van der Waals surface area contributed by atoms with Gasteiger partial charge in [-0.05, 0) is 34.5 Å². The van der Waals surface area contributed by atoms with Gasteiger partial charge < -0.3 is 9.64 Å². The van der Waals surface area contributed by atoms with Crippen molar-refractivity contribution in [2.75, 3.05) is 32.8 Å². The van der Waals surface area contributed by atoms with E-state index in [-0.39, 0.29) is 12.5 Å². The quantitative estimate of drug-likeness (QED) is 0.675. The molecule has 0 spiro atoms. The lowest BCUT2D eigenvalue weighted by Gasteiger charge is -2.34. The zero-order valence-corrected chi connectivity index (χ0v) is 16.3. The molecule has 1 fully saturated rings. The Labute approximate surface area is 170 Å². The number of hydrogen-bond acceptors (Lipinski definition) is 4. The maximum absolute atomic E-state index is 12.5. The van der Waals surface area contributed by atoms with Gasteiger partial charge in [-0.25, -0.2) is 0 Å². The van der Waals surface area contributed by atoms with Crippen molar-refractivity contribution in [1.29, 1.82) is 5.26 Å². The molecule has 0 saturated carbocycles. The first-order valence-corrected chi connectivity index (χ1v) is 9.83. The van der Waals surface area contributed by atoms with Gasteiger partial charge >= 0.3 is 0 Å². The average Bonchev–Trinajstić information content (AvgIpc) is 2.78. The largest absolute Gasteiger partial charge is 0.484 e. The third kappa shape index (κ3) is 4.56. The Balaban J connectivity index is 1.30. The van der Waals surface area contributed by atoms with Crippen molar-refractivity contribution in [3.05, 3.63) is 77.9 Å². The lowest BCUT2D eigenvalue weighted by molar-refractivity contribution is -0.135. The van der Waals surface area contributed by atoms with E-state index in [2.05, 4.69) is 53.4 Å². The highest BCUT2D eigenvalue weighted by molar-refractivity contribution is 5.85. The van der Waals surface area contributed by atoms with Gasteiger partial charge in [0.05, 0.1) is 11.6 Å². The summed E-state index contributed by atoms with van der Waals surface area (Å²) in [4.78, 5) is 16.7. The van der Waals surface area contributed by atoms with Crippen molar-refractivity contribution in [2.24, 2.45) is 0 Å². The van der Waals surface area contributed by atoms with Crippen molar-refractivity contribution in [2.45, 2.75) is 6.54 Å². The third-order valence-electron chi connectivity index (χ3n) is 5.32. The molecule has 0 aromatic heterocycles. The minimum absolute atomic E-state index is 0.00178. The highest BCUT2D eigenvalue weighted by Gasteiger charge is 2.21. The van der Waals surface area contributed by atoms with Crippen molar-refractivity contribution in [3.8, 4) is 11.8 Å². The number of nitriles is 1. The second-order valence-electron chi connectivity index (χ2n) is 7.22. The predicted octanol–water partition coefficient (Wildman–Crippen LogP) is 3.43. The molecule has 1 heterocycles. The summed E-state index contributed by atoms with van der Waals surface area (Å²) < 4.78 is 5.58. The highest BCUT2D eigenvalue weighted by atomic mass is 16.5. The van der Waals surface area contributed by atoms with Crippen molar-refractivity contribution >= 4 is 16.7 Å². The van der Waals surface area contributed by atoms with E-state index < -0.39 is 0 Å². The predicted molar refractivity (Wildman–Crippen MR) is 112 cm³/mol. The normalized spacial score (nSPS) is 14.5. The molecule has 0 radical (unpaired) electrons. The zero-order chi connectivity index (χ0) is 20.1. The fraction of sp³-hybridized carbons (Fsp3) is 0.250. The van der Waals surface area contributed by atoms with E-state index in [1.165, 1.54) is 16.3 Å². The van der Waals surface area contributed by atoms with Crippen LogP contribution in [0.5, 0.6) is 5.75 Å². The molecule has 3 aromatic rings. The number of hydrogen-bond donors (Lipinski definition) is 0. The van der Waals surface area contributed by atoms with Crippen LogP contribution in [0, 0.1) is 11.3 Å². The minimum atomic E-state index is -0.0165. The Bertz CT molecular complexity index is 1040. The molecule has 3 aromatic carbocycles. The third-order valence-corrected chi connectivity index (χ3v) is 5.32. The van der Waals surface area contributed by atoms with Crippen LogP contribution in [0.25, 0.3) is 10.8 Å². The van der Waals surface area contributed by atoms with Crippen LogP contribution in [0.4, 0.5) is 0 Å². The van der Waals surface area contributed by atoms with E-state index in [1.54, 1.807) is 24.3 Å². The molecule has 5 heteroatoms. The number of carbonyl (C=O) groups is 1. The van der Waals surface area contributed by atoms with Gasteiger partial charge in [-0.1, -0.05) is 48.5 Å². The molecule has 1 aliphatic heterocycles. The summed E-state index contributed by atoms with van der Waals surface area (Å²) in [5, 5.41) is 11.5. The van der Waals surface area contributed by atoms with Crippen molar-refractivity contribution in [1.82, 2.24) is 9.80 Å². The molecular weight excluding hydrogens is 362 g/mol. The molecule has 0 N–H and O–H groups in total. The number of ether oxygens (including phenoxy) is 1. The molecule has 5 nitrogen and oxygen atoms in total. The van der Waals surface area contributed by atoms with Crippen LogP contribution in [0.1, 0.15) is 11.1 Å². The summed E-state index contributed by atoms with van der Waals surface area (Å²) in [5.41, 5.74) is 1.85. The van der Waals surface area contributed by atoms with Gasteiger partial charge in [0.15, 0.2) is 6.61 Å². The summed E-state index contributed by atoms with van der Waals surface area (Å²) in [7, 11) is 0. The summed E-state index contributed by atoms with van der Waals surface area (Å²) >= 11 is 0. The van der Waals surface area contributed by atoms with E-state index in [0.717, 1.165) is 19.6 Å². The minimum Gasteiger partial charge on any atom is -0.484 e. The van der Waals surface area contributed by atoms with E-state index in [0.29, 0.717) is 24.4 Å². The molecule has 1 amide bonds. The fourth-order valence-corrected chi connectivity index (χ4v) is 3.72. The standard InChI is InChI=1S/C24H23N3O2/c25-16-19-5-3-9-22(15-19)29-18-24(28)27-13-11-26(12-14-27)17-21-8-4-7-20-6-1-2-10-23(20)21/h1-10,15H,11-14,17-18H2. The number of fused-ring (bicyclic) bond motifs is 1. The van der Waals surface area contributed by atoms with Crippen LogP contribution in [-0.4, -0.2) is 48.5 Å². The summed E-state index contributed by atoms with van der Waals surface area (Å²) in [5.74, 6) is 0.532. The lowest BCUT2D eigenvalue weighted by atomic mass is 10.0. The maximum atomic E-state index is 12.5. The van der Waals surface area contributed by atoms with Gasteiger partial charge in [-0.15, -0.1) is 0 Å². The molecule has 0 unspecified atom stereocenters. The van der Waals surface area contributed by atoms with Gasteiger partial charge in [-0.2, -0.15) is 5.26 Å². The van der Waals surface area contributed by atoms with Crippen molar-refractivity contribution < 1.29 is 9.53 Å². The van der Waals surface area contributed by atoms with Gasteiger partial charge in [-0.3, -0.25) is 9.69 Å². The molecule has 146 valence electrons. The molecule has 29 heavy (non-hydrogen) atoms. The molecular formula is C24H23N3O2. The number of nitrogens with zero attached hydrogens (tertiary/aromatic N) is 3. The molecule has 0 atom stereocenters. The molecule has 4 rings (SSSR count). The van der Waals surface area contributed by atoms with Crippen LogP contribution >= 0.6 is 0 Å². The zero-order valence-electron chi connectivity index (χ0n) is 16.3. The van der Waals surface area contributed by atoms with Crippen LogP contribution in [-0.2, 0) is 11.3 Å². The number of rotatable bonds is 5. The maximum Gasteiger partial charge on any atom is 0.260 e. The SMILES string of the molecule is N#Cc1cccc(OCC(=O)N2CCN(Cc3cccc4ccccc34)CC2)c1. The Hall–Kier alpha value is -3.36. The molecule has 1 saturated heterocycles. The Morgan fingerprint density at radius 1 is 0.966 bits per heavy atom. The van der Waals surface area contributed by atoms with Gasteiger partial charge in [0.2, 0.25) is 0 Å². The summed E-state index contributed by atoms with van der Waals surface area (Å²) in [6.07, 6.45) is 0. The first-order valence-electron chi connectivity index (χ1n) is 9.83. The topological polar surface area (TPSA) is 56.6 Å². The number of piperazine rings is 1. The van der Waals surface area contributed by atoms with E-state index in [9.17, 15) is 4.79 Å². The van der Waals surface area contributed by atoms with Gasteiger partial charge in [0.1, 0.15) is 5.75 Å². The molecule has 1 aliphatic rings. The number of amides is 1. The summed E-state index contributed by atoms with van der Waals surface area (Å²) in [6.45, 7) is 3.98. The molecule has 0 bridgehead atoms. The van der Waals surface area contributed by atoms with Crippen LogP contribution in [0.15, 0.2) is 66.7 Å². The monoisotopic (exact) mass is 385 g/mol. The first-order chi connectivity index (χ1) is 14.2. The Morgan fingerprint density at radius 2 is 1.72 bits per heavy atom. The Morgan fingerprint density at radius 3 is 2.55 bits per heavy atom. The van der Waals surface area contributed by atoms with Crippen molar-refractivity contribution in [3.63, 3.8) is 0 Å². The van der Waals surface area contributed by atoms with E-state index in [4.69, 9.17) is 10.00 Å².